The number of para-hydroxylation sites is 1. The Kier molecular flexibility index (Phi) is 4.74. The van der Waals surface area contributed by atoms with Gasteiger partial charge in [0, 0.05) is 31.7 Å². The lowest BCUT2D eigenvalue weighted by molar-refractivity contribution is -0.385. The molecule has 1 aromatic rings. The minimum Gasteiger partial charge on any atom is -0.487 e. The minimum atomic E-state index is -0.526. The number of hydrogen-bond donors (Lipinski definition) is 1. The molecule has 0 spiro atoms. The molecule has 1 unspecified atom stereocenters. The van der Waals surface area contributed by atoms with Crippen LogP contribution in [0.3, 0.4) is 0 Å². The van der Waals surface area contributed by atoms with Crippen molar-refractivity contribution in [3.05, 3.63) is 33.9 Å². The molecule has 0 saturated carbocycles. The SMILES string of the molecule is CCOc1c(C(=O)N2CCNC(C)C2)cccc1[N+](=O)[O-]. The number of nitro groups is 1. The third-order valence-electron chi connectivity index (χ3n) is 3.37. The molecule has 0 radical (unpaired) electrons. The Hall–Kier alpha value is -2.15. The highest BCUT2D eigenvalue weighted by molar-refractivity contribution is 5.98. The summed E-state index contributed by atoms with van der Waals surface area (Å²) in [4.78, 5) is 24.9. The summed E-state index contributed by atoms with van der Waals surface area (Å²) < 4.78 is 5.36. The van der Waals surface area contributed by atoms with Crippen LogP contribution in [-0.4, -0.2) is 48.0 Å². The lowest BCUT2D eigenvalue weighted by Crippen LogP contribution is -2.51. The second kappa shape index (κ2) is 6.53. The quantitative estimate of drug-likeness (QED) is 0.670. The number of ether oxygens (including phenoxy) is 1. The number of carbonyl (C=O) groups is 1. The maximum absolute atomic E-state index is 12.6. The van der Waals surface area contributed by atoms with E-state index in [1.54, 1.807) is 17.9 Å². The van der Waals surface area contributed by atoms with E-state index in [0.717, 1.165) is 0 Å². The molecule has 0 aromatic heterocycles. The molecule has 114 valence electrons. The number of nitrogens with zero attached hydrogens (tertiary/aromatic N) is 2. The molecule has 1 heterocycles. The highest BCUT2D eigenvalue weighted by Gasteiger charge is 2.28. The molecule has 1 N–H and O–H groups in total. The van der Waals surface area contributed by atoms with Gasteiger partial charge in [0.2, 0.25) is 5.75 Å². The van der Waals surface area contributed by atoms with Crippen molar-refractivity contribution in [3.63, 3.8) is 0 Å². The molecule has 0 bridgehead atoms. The first kappa shape index (κ1) is 15.2. The third kappa shape index (κ3) is 3.30. The lowest BCUT2D eigenvalue weighted by atomic mass is 10.1. The molecule has 21 heavy (non-hydrogen) atoms. The number of nitro benzene ring substituents is 1. The molecular formula is C14H19N3O4. The van der Waals surface area contributed by atoms with Crippen molar-refractivity contribution in [3.8, 4) is 5.75 Å². The molecule has 0 aliphatic carbocycles. The van der Waals surface area contributed by atoms with E-state index in [1.165, 1.54) is 12.1 Å². The maximum Gasteiger partial charge on any atom is 0.311 e. The third-order valence-corrected chi connectivity index (χ3v) is 3.37. The molecule has 1 aliphatic heterocycles. The minimum absolute atomic E-state index is 0.0567. The summed E-state index contributed by atoms with van der Waals surface area (Å²) in [5, 5.41) is 14.3. The Morgan fingerprint density at radius 2 is 2.33 bits per heavy atom. The molecule has 1 fully saturated rings. The van der Waals surface area contributed by atoms with Crippen molar-refractivity contribution in [2.45, 2.75) is 19.9 Å². The molecule has 1 aliphatic rings. The van der Waals surface area contributed by atoms with Gasteiger partial charge in [-0.3, -0.25) is 14.9 Å². The number of piperazine rings is 1. The Balaban J connectivity index is 2.35. The Morgan fingerprint density at radius 1 is 1.57 bits per heavy atom. The van der Waals surface area contributed by atoms with Gasteiger partial charge in [0.1, 0.15) is 0 Å². The van der Waals surface area contributed by atoms with Crippen LogP contribution in [0.2, 0.25) is 0 Å². The second-order valence-corrected chi connectivity index (χ2v) is 4.95. The van der Waals surface area contributed by atoms with Crippen LogP contribution < -0.4 is 10.1 Å². The van der Waals surface area contributed by atoms with E-state index in [0.29, 0.717) is 19.6 Å². The van der Waals surface area contributed by atoms with Crippen LogP contribution in [0, 0.1) is 10.1 Å². The highest BCUT2D eigenvalue weighted by Crippen LogP contribution is 2.32. The average Bonchev–Trinajstić information content (AvgIpc) is 2.47. The summed E-state index contributed by atoms with van der Waals surface area (Å²) in [6.45, 7) is 5.87. The first-order chi connectivity index (χ1) is 10.0. The van der Waals surface area contributed by atoms with Gasteiger partial charge in [-0.15, -0.1) is 0 Å². The van der Waals surface area contributed by atoms with Crippen LogP contribution in [0.15, 0.2) is 18.2 Å². The predicted molar refractivity (Wildman–Crippen MR) is 77.6 cm³/mol. The summed E-state index contributed by atoms with van der Waals surface area (Å²) in [6, 6.07) is 4.64. The number of rotatable bonds is 4. The van der Waals surface area contributed by atoms with Crippen LogP contribution in [0.5, 0.6) is 5.75 Å². The molecule has 1 saturated heterocycles. The van der Waals surface area contributed by atoms with Gasteiger partial charge in [0.25, 0.3) is 5.91 Å². The van der Waals surface area contributed by atoms with E-state index in [-0.39, 0.29) is 35.6 Å². The number of amides is 1. The smallest absolute Gasteiger partial charge is 0.311 e. The van der Waals surface area contributed by atoms with Gasteiger partial charge in [-0.05, 0) is 19.9 Å². The molecule has 7 heteroatoms. The predicted octanol–water partition coefficient (Wildman–Crippen LogP) is 1.43. The van der Waals surface area contributed by atoms with E-state index in [1.807, 2.05) is 6.92 Å². The van der Waals surface area contributed by atoms with Crippen molar-refractivity contribution in [1.29, 1.82) is 0 Å². The average molecular weight is 293 g/mol. The van der Waals surface area contributed by atoms with Gasteiger partial charge in [0.05, 0.1) is 17.1 Å². The van der Waals surface area contributed by atoms with Crippen molar-refractivity contribution >= 4 is 11.6 Å². The van der Waals surface area contributed by atoms with Gasteiger partial charge >= 0.3 is 5.69 Å². The van der Waals surface area contributed by atoms with Crippen LogP contribution >= 0.6 is 0 Å². The topological polar surface area (TPSA) is 84.7 Å². The summed E-state index contributed by atoms with van der Waals surface area (Å²) in [5.41, 5.74) is 0.0750. The van der Waals surface area contributed by atoms with Gasteiger partial charge < -0.3 is 15.0 Å². The van der Waals surface area contributed by atoms with E-state index < -0.39 is 4.92 Å². The van der Waals surface area contributed by atoms with Crippen molar-refractivity contribution in [2.24, 2.45) is 0 Å². The van der Waals surface area contributed by atoms with E-state index in [2.05, 4.69) is 5.32 Å². The van der Waals surface area contributed by atoms with Crippen LogP contribution in [0.1, 0.15) is 24.2 Å². The zero-order valence-electron chi connectivity index (χ0n) is 12.2. The van der Waals surface area contributed by atoms with E-state index in [4.69, 9.17) is 4.74 Å². The van der Waals surface area contributed by atoms with Gasteiger partial charge in [-0.1, -0.05) is 6.07 Å². The van der Waals surface area contributed by atoms with E-state index in [9.17, 15) is 14.9 Å². The van der Waals surface area contributed by atoms with Gasteiger partial charge in [-0.25, -0.2) is 0 Å². The molecule has 1 aromatic carbocycles. The summed E-state index contributed by atoms with van der Waals surface area (Å²) in [5.74, 6) is -0.170. The standard InChI is InChI=1S/C14H19N3O4/c1-3-21-13-11(5-4-6-12(13)17(19)20)14(18)16-8-7-15-10(2)9-16/h4-6,10,15H,3,7-9H2,1-2H3. The first-order valence-corrected chi connectivity index (χ1v) is 6.97. The number of hydrogen-bond acceptors (Lipinski definition) is 5. The highest BCUT2D eigenvalue weighted by atomic mass is 16.6. The normalized spacial score (nSPS) is 18.4. The fourth-order valence-electron chi connectivity index (χ4n) is 2.42. The summed E-state index contributed by atoms with van der Waals surface area (Å²) in [7, 11) is 0. The number of carbonyl (C=O) groups excluding carboxylic acids is 1. The van der Waals surface area contributed by atoms with E-state index >= 15 is 0 Å². The first-order valence-electron chi connectivity index (χ1n) is 6.97. The Bertz CT molecular complexity index is 547. The fraction of sp³-hybridized carbons (Fsp3) is 0.500. The van der Waals surface area contributed by atoms with Gasteiger partial charge in [-0.2, -0.15) is 0 Å². The number of nitrogens with one attached hydrogen (secondary N) is 1. The van der Waals surface area contributed by atoms with Crippen molar-refractivity contribution < 1.29 is 14.5 Å². The summed E-state index contributed by atoms with van der Waals surface area (Å²) in [6.07, 6.45) is 0. The Labute approximate surface area is 123 Å². The molecule has 2 rings (SSSR count). The monoisotopic (exact) mass is 293 g/mol. The second-order valence-electron chi connectivity index (χ2n) is 4.95. The lowest BCUT2D eigenvalue weighted by Gasteiger charge is -2.32. The van der Waals surface area contributed by atoms with Crippen LogP contribution in [-0.2, 0) is 0 Å². The number of benzene rings is 1. The molecule has 1 atom stereocenters. The molecular weight excluding hydrogens is 274 g/mol. The van der Waals surface area contributed by atoms with Crippen molar-refractivity contribution in [1.82, 2.24) is 10.2 Å². The zero-order valence-corrected chi connectivity index (χ0v) is 12.2. The fourth-order valence-corrected chi connectivity index (χ4v) is 2.42. The zero-order chi connectivity index (χ0) is 15.4. The largest absolute Gasteiger partial charge is 0.487 e. The molecule has 7 nitrogen and oxygen atoms in total. The molecule has 1 amide bonds. The van der Waals surface area contributed by atoms with Crippen LogP contribution in [0.25, 0.3) is 0 Å². The van der Waals surface area contributed by atoms with Crippen molar-refractivity contribution in [2.75, 3.05) is 26.2 Å². The van der Waals surface area contributed by atoms with Gasteiger partial charge in [0.15, 0.2) is 0 Å². The maximum atomic E-state index is 12.6. The Morgan fingerprint density at radius 3 is 2.95 bits per heavy atom. The summed E-state index contributed by atoms with van der Waals surface area (Å²) >= 11 is 0. The van der Waals surface area contributed by atoms with Crippen LogP contribution in [0.4, 0.5) is 5.69 Å².